The van der Waals surface area contributed by atoms with Crippen molar-refractivity contribution in [2.75, 3.05) is 46.5 Å². The van der Waals surface area contributed by atoms with Crippen LogP contribution < -0.4 is 29.4 Å². The van der Waals surface area contributed by atoms with Gasteiger partial charge in [-0.1, -0.05) is 0 Å². The van der Waals surface area contributed by atoms with Crippen molar-refractivity contribution >= 4 is 29.7 Å². The number of aliphatic hydroxyl groups is 1. The Hall–Kier alpha value is -2.90. The first-order chi connectivity index (χ1) is 16.5. The van der Waals surface area contributed by atoms with Crippen molar-refractivity contribution in [3.63, 3.8) is 0 Å². The summed E-state index contributed by atoms with van der Waals surface area (Å²) in [5.74, 6) is -1.54. The number of quaternary nitrogens is 1. The molecule has 0 aliphatic rings. The summed E-state index contributed by atoms with van der Waals surface area (Å²) >= 11 is 1.67. The van der Waals surface area contributed by atoms with Crippen LogP contribution in [0.4, 0.5) is 0 Å². The normalized spacial score (nSPS) is 12.0. The lowest BCUT2D eigenvalue weighted by molar-refractivity contribution is -0.684. The van der Waals surface area contributed by atoms with Crippen LogP contribution in [-0.4, -0.2) is 92.9 Å². The maximum atomic E-state index is 12.2. The van der Waals surface area contributed by atoms with Gasteiger partial charge >= 0.3 is 11.9 Å². The first-order valence-corrected chi connectivity index (χ1v) is 12.0. The van der Waals surface area contributed by atoms with Gasteiger partial charge in [0.2, 0.25) is 5.75 Å². The van der Waals surface area contributed by atoms with Crippen LogP contribution in [0.2, 0.25) is 0 Å². The lowest BCUT2D eigenvalue weighted by atomic mass is 10.2. The quantitative estimate of drug-likeness (QED) is 0.199. The number of thioether (sulfide) groups is 1. The van der Waals surface area contributed by atoms with Gasteiger partial charge in [0.15, 0.2) is 23.5 Å². The molecule has 0 saturated heterocycles. The lowest BCUT2D eigenvalue weighted by Gasteiger charge is -2.19. The molecule has 13 heteroatoms. The number of aliphatic carboxylic acids is 2. The Morgan fingerprint density at radius 3 is 2.03 bits per heavy atom. The Labute approximate surface area is 208 Å². The molecule has 0 radical (unpaired) electrons. The van der Waals surface area contributed by atoms with E-state index in [-0.39, 0.29) is 24.7 Å². The van der Waals surface area contributed by atoms with Crippen molar-refractivity contribution in [2.45, 2.75) is 38.5 Å². The Morgan fingerprint density at radius 1 is 1.09 bits per heavy atom. The summed E-state index contributed by atoms with van der Waals surface area (Å²) in [5, 5.41) is 28.4. The minimum atomic E-state index is -2.07. The number of aliphatic hydroxyl groups excluding tert-OH is 1. The second-order valence-electron chi connectivity index (χ2n) is 7.26. The zero-order valence-corrected chi connectivity index (χ0v) is 21.6. The average Bonchev–Trinajstić information content (AvgIpc) is 2.81. The molecule has 0 aliphatic carbocycles. The number of carbonyl (C=O) groups excluding carboxylic acids is 2. The fourth-order valence-electron chi connectivity index (χ4n) is 2.62. The van der Waals surface area contributed by atoms with Crippen LogP contribution in [0.5, 0.6) is 23.0 Å². The zero-order chi connectivity index (χ0) is 27.0. The van der Waals surface area contributed by atoms with Crippen molar-refractivity contribution < 1.29 is 58.7 Å². The Balaban J connectivity index is 0.00000170. The van der Waals surface area contributed by atoms with Crippen molar-refractivity contribution in [3.05, 3.63) is 12.1 Å². The van der Waals surface area contributed by atoms with E-state index in [0.717, 1.165) is 5.75 Å². The average molecular weight is 522 g/mol. The minimum Gasteiger partial charge on any atom is -0.539 e. The third-order valence-electron chi connectivity index (χ3n) is 4.24. The van der Waals surface area contributed by atoms with E-state index in [0.29, 0.717) is 36.0 Å². The highest BCUT2D eigenvalue weighted by atomic mass is 32.2. The summed E-state index contributed by atoms with van der Waals surface area (Å²) in [6, 6.07) is 2.98. The summed E-state index contributed by atoms with van der Waals surface area (Å²) < 4.78 is 26.9. The second kappa shape index (κ2) is 17.5. The zero-order valence-electron chi connectivity index (χ0n) is 20.8. The molecular weight excluding hydrogens is 486 g/mol. The number of carboxylic acids is 2. The molecule has 200 valence electrons. The van der Waals surface area contributed by atoms with Gasteiger partial charge in [-0.05, 0) is 25.9 Å². The predicted molar refractivity (Wildman–Crippen MR) is 125 cm³/mol. The largest absolute Gasteiger partial charge is 0.539 e. The van der Waals surface area contributed by atoms with Crippen molar-refractivity contribution in [2.24, 2.45) is 0 Å². The Kier molecular flexibility index (Phi) is 16.1. The third kappa shape index (κ3) is 12.9. The van der Waals surface area contributed by atoms with Gasteiger partial charge in [0, 0.05) is 18.6 Å². The monoisotopic (exact) mass is 521 g/mol. The molecule has 2 unspecified atom stereocenters. The maximum Gasteiger partial charge on any atom is 0.365 e. The Morgan fingerprint density at radius 2 is 1.63 bits per heavy atom. The van der Waals surface area contributed by atoms with Crippen molar-refractivity contribution in [3.8, 4) is 23.0 Å². The van der Waals surface area contributed by atoms with Gasteiger partial charge in [-0.15, -0.1) is 0 Å². The summed E-state index contributed by atoms with van der Waals surface area (Å²) in [6.07, 6.45) is 1.73. The van der Waals surface area contributed by atoms with Gasteiger partial charge < -0.3 is 49.1 Å². The molecule has 2 atom stereocenters. The van der Waals surface area contributed by atoms with E-state index < -0.39 is 18.0 Å². The van der Waals surface area contributed by atoms with E-state index in [1.807, 2.05) is 25.4 Å². The van der Waals surface area contributed by atoms with E-state index in [4.69, 9.17) is 43.5 Å². The number of benzene rings is 1. The highest BCUT2D eigenvalue weighted by Crippen LogP contribution is 2.40. The van der Waals surface area contributed by atoms with Gasteiger partial charge in [0.25, 0.3) is 0 Å². The molecule has 35 heavy (non-hydrogen) atoms. The molecule has 0 heterocycles. The smallest absolute Gasteiger partial charge is 0.365 e. The van der Waals surface area contributed by atoms with Gasteiger partial charge in [-0.25, -0.2) is 9.59 Å². The van der Waals surface area contributed by atoms with Gasteiger partial charge in [0.1, 0.15) is 25.0 Å². The van der Waals surface area contributed by atoms with Gasteiger partial charge in [0.05, 0.1) is 27.4 Å². The third-order valence-corrected chi connectivity index (χ3v) is 4.88. The number of carboxylic acid groups (broad SMARTS) is 2. The summed E-state index contributed by atoms with van der Waals surface area (Å²) in [7, 11) is 4.57. The molecule has 4 N–H and O–H groups in total. The van der Waals surface area contributed by atoms with E-state index in [1.165, 1.54) is 21.3 Å². The van der Waals surface area contributed by atoms with Crippen LogP contribution in [-0.2, 0) is 19.1 Å². The predicted octanol–water partition coefficient (Wildman–Crippen LogP) is -1.09. The number of methoxy groups -OCH3 is 3. The molecule has 0 fully saturated rings. The maximum absolute atomic E-state index is 12.2. The number of carbonyl (C=O) groups is 3. The van der Waals surface area contributed by atoms with E-state index in [1.54, 1.807) is 23.9 Å². The molecule has 0 amide bonds. The molecule has 1 aromatic carbocycles. The summed E-state index contributed by atoms with van der Waals surface area (Å²) in [6.45, 7) is 4.02. The van der Waals surface area contributed by atoms with Crippen LogP contribution in [0, 0.1) is 0 Å². The molecule has 0 bridgehead atoms. The number of esters is 1. The van der Waals surface area contributed by atoms with E-state index in [9.17, 15) is 9.90 Å². The second-order valence-corrected chi connectivity index (χ2v) is 8.25. The SMILES string of the molecule is COc1cc(OCC(O)C[NH2+]C(CCSC)C(=O)OC(C)C)cc(OC)c1OC.O=C([O-])C(=O)O. The van der Waals surface area contributed by atoms with Crippen LogP contribution in [0.1, 0.15) is 20.3 Å². The minimum absolute atomic E-state index is 0.0591. The molecule has 1 aromatic rings. The van der Waals surface area contributed by atoms with Crippen molar-refractivity contribution in [1.29, 1.82) is 0 Å². The van der Waals surface area contributed by atoms with Crippen LogP contribution in [0.3, 0.4) is 0 Å². The number of hydrogen-bond donors (Lipinski definition) is 3. The molecule has 0 saturated carbocycles. The Bertz CT molecular complexity index is 767. The highest BCUT2D eigenvalue weighted by Gasteiger charge is 2.25. The van der Waals surface area contributed by atoms with Crippen LogP contribution >= 0.6 is 11.8 Å². The number of hydrogen-bond acceptors (Lipinski definition) is 11. The standard InChI is InChI=1S/C20H33NO7S.C2H2O4/c1-13(2)28-20(23)16(7-8-29-6)21-11-14(22)12-27-15-9-17(24-3)19(26-5)18(10-15)25-4;3-1(4)2(5)6/h9-10,13-14,16,21-22H,7-8,11-12H2,1-6H3;(H,3,4)(H,5,6). The molecule has 1 rings (SSSR count). The van der Waals surface area contributed by atoms with E-state index in [2.05, 4.69) is 0 Å². The molecular formula is C22H35NO11S. The number of ether oxygens (including phenoxy) is 5. The van der Waals surface area contributed by atoms with Crippen LogP contribution in [0.25, 0.3) is 0 Å². The topological polar surface area (TPSA) is 177 Å². The molecule has 0 aromatic heterocycles. The highest BCUT2D eigenvalue weighted by molar-refractivity contribution is 7.98. The van der Waals surface area contributed by atoms with Crippen LogP contribution in [0.15, 0.2) is 12.1 Å². The molecule has 12 nitrogen and oxygen atoms in total. The summed E-state index contributed by atoms with van der Waals surface area (Å²) in [5.41, 5.74) is 0. The first-order valence-electron chi connectivity index (χ1n) is 10.6. The number of rotatable bonds is 14. The number of nitrogens with two attached hydrogens (primary N) is 1. The fraction of sp³-hybridized carbons (Fsp3) is 0.591. The first kappa shape index (κ1) is 32.1. The van der Waals surface area contributed by atoms with Crippen molar-refractivity contribution in [1.82, 2.24) is 0 Å². The molecule has 0 spiro atoms. The summed E-state index contributed by atoms with van der Waals surface area (Å²) in [4.78, 5) is 30.3. The van der Waals surface area contributed by atoms with Gasteiger partial charge in [-0.2, -0.15) is 11.8 Å². The molecule has 0 aliphatic heterocycles. The fourth-order valence-corrected chi connectivity index (χ4v) is 3.11. The lowest BCUT2D eigenvalue weighted by Crippen LogP contribution is -2.94. The van der Waals surface area contributed by atoms with E-state index >= 15 is 0 Å². The van der Waals surface area contributed by atoms with Gasteiger partial charge in [-0.3, -0.25) is 0 Å².